The number of nitrogens with one attached hydrogen (secondary N) is 2. The summed E-state index contributed by atoms with van der Waals surface area (Å²) in [4.78, 5) is 16.1. The summed E-state index contributed by atoms with van der Waals surface area (Å²) in [5.74, 6) is -0.239. The number of nitrogens with zero attached hydrogens (tertiary/aromatic N) is 1. The predicted octanol–water partition coefficient (Wildman–Crippen LogP) is 4.39. The van der Waals surface area contributed by atoms with E-state index in [0.29, 0.717) is 17.8 Å². The maximum Gasteiger partial charge on any atom is 0.261 e. The molecular weight excluding hydrogens is 430 g/mol. The van der Waals surface area contributed by atoms with Crippen LogP contribution in [0.5, 0.6) is 0 Å². The van der Waals surface area contributed by atoms with Crippen LogP contribution in [0.25, 0.3) is 0 Å². The van der Waals surface area contributed by atoms with Gasteiger partial charge in [0.15, 0.2) is 0 Å². The van der Waals surface area contributed by atoms with Crippen molar-refractivity contribution in [2.75, 3.05) is 22.7 Å². The van der Waals surface area contributed by atoms with Crippen LogP contribution in [0.3, 0.4) is 0 Å². The van der Waals surface area contributed by atoms with Gasteiger partial charge in [-0.15, -0.1) is 11.3 Å². The fourth-order valence-corrected chi connectivity index (χ4v) is 5.31. The summed E-state index contributed by atoms with van der Waals surface area (Å²) in [6.07, 6.45) is 2.13. The molecule has 4 rings (SSSR count). The van der Waals surface area contributed by atoms with Crippen molar-refractivity contribution in [3.8, 4) is 0 Å². The van der Waals surface area contributed by atoms with Gasteiger partial charge in [-0.1, -0.05) is 23.8 Å². The van der Waals surface area contributed by atoms with Crippen molar-refractivity contribution in [1.82, 2.24) is 5.32 Å². The minimum atomic E-state index is -3.78. The first-order valence-corrected chi connectivity index (χ1v) is 12.6. The Labute approximate surface area is 187 Å². The highest BCUT2D eigenvalue weighted by Crippen LogP contribution is 2.32. The van der Waals surface area contributed by atoms with Crippen LogP contribution >= 0.6 is 11.3 Å². The van der Waals surface area contributed by atoms with Crippen LogP contribution in [0, 0.1) is 6.92 Å². The summed E-state index contributed by atoms with van der Waals surface area (Å²) in [6.45, 7) is 4.08. The number of amides is 1. The number of benzene rings is 2. The number of hydrogen-bond donors (Lipinski definition) is 2. The third-order valence-electron chi connectivity index (χ3n) is 5.28. The number of rotatable bonds is 7. The average Bonchev–Trinajstić information content (AvgIpc) is 3.46. The van der Waals surface area contributed by atoms with Gasteiger partial charge in [-0.2, -0.15) is 0 Å². The molecule has 1 saturated heterocycles. The highest BCUT2D eigenvalue weighted by Gasteiger charge is 2.22. The van der Waals surface area contributed by atoms with Crippen molar-refractivity contribution in [2.45, 2.75) is 31.2 Å². The van der Waals surface area contributed by atoms with Crippen molar-refractivity contribution in [1.29, 1.82) is 0 Å². The van der Waals surface area contributed by atoms with Gasteiger partial charge in [-0.05, 0) is 61.5 Å². The van der Waals surface area contributed by atoms with E-state index in [1.165, 1.54) is 0 Å². The van der Waals surface area contributed by atoms with E-state index in [1.807, 2.05) is 30.5 Å². The molecule has 0 radical (unpaired) electrons. The van der Waals surface area contributed by atoms with E-state index in [1.54, 1.807) is 47.7 Å². The SMILES string of the molecule is Cc1ccc(S(=O)(=O)Nc2cc(C(=O)NCc3cccs3)ccc2N2CCCC2)cc1. The second-order valence-electron chi connectivity index (χ2n) is 7.61. The van der Waals surface area contributed by atoms with Crippen LogP contribution < -0.4 is 14.9 Å². The van der Waals surface area contributed by atoms with Gasteiger partial charge in [-0.25, -0.2) is 8.42 Å². The van der Waals surface area contributed by atoms with Crippen LogP contribution in [0.2, 0.25) is 0 Å². The summed E-state index contributed by atoms with van der Waals surface area (Å²) < 4.78 is 28.7. The minimum Gasteiger partial charge on any atom is -0.370 e. The highest BCUT2D eigenvalue weighted by molar-refractivity contribution is 7.92. The van der Waals surface area contributed by atoms with E-state index in [-0.39, 0.29) is 10.8 Å². The third kappa shape index (κ3) is 5.08. The molecule has 1 amide bonds. The fourth-order valence-electron chi connectivity index (χ4n) is 3.60. The molecule has 0 saturated carbocycles. The number of aryl methyl sites for hydroxylation is 1. The largest absolute Gasteiger partial charge is 0.370 e. The number of hydrogen-bond acceptors (Lipinski definition) is 5. The van der Waals surface area contributed by atoms with E-state index in [4.69, 9.17) is 0 Å². The maximum atomic E-state index is 13.0. The molecule has 2 N–H and O–H groups in total. The Morgan fingerprint density at radius 2 is 1.81 bits per heavy atom. The fraction of sp³-hybridized carbons (Fsp3) is 0.261. The molecule has 1 aliphatic heterocycles. The lowest BCUT2D eigenvalue weighted by Crippen LogP contribution is -2.24. The van der Waals surface area contributed by atoms with Crippen molar-refractivity contribution < 1.29 is 13.2 Å². The molecule has 0 unspecified atom stereocenters. The molecule has 2 aromatic carbocycles. The first-order valence-electron chi connectivity index (χ1n) is 10.2. The van der Waals surface area contributed by atoms with Crippen molar-refractivity contribution in [3.63, 3.8) is 0 Å². The number of anilines is 2. The number of thiophene rings is 1. The Bertz CT molecular complexity index is 1150. The zero-order valence-corrected chi connectivity index (χ0v) is 18.9. The van der Waals surface area contributed by atoms with E-state index in [0.717, 1.165) is 42.1 Å². The molecule has 1 fully saturated rings. The summed E-state index contributed by atoms with van der Waals surface area (Å²) in [5.41, 5.74) is 2.62. The molecule has 1 aromatic heterocycles. The lowest BCUT2D eigenvalue weighted by Gasteiger charge is -2.22. The molecule has 1 aliphatic rings. The van der Waals surface area contributed by atoms with Crippen molar-refractivity contribution in [3.05, 3.63) is 76.0 Å². The molecule has 8 heteroatoms. The zero-order valence-electron chi connectivity index (χ0n) is 17.3. The van der Waals surface area contributed by atoms with Gasteiger partial charge >= 0.3 is 0 Å². The summed E-state index contributed by atoms with van der Waals surface area (Å²) in [6, 6.07) is 15.8. The Morgan fingerprint density at radius 1 is 1.06 bits per heavy atom. The van der Waals surface area contributed by atoms with Gasteiger partial charge in [0.05, 0.1) is 22.8 Å². The van der Waals surface area contributed by atoms with Gasteiger partial charge < -0.3 is 10.2 Å². The number of sulfonamides is 1. The minimum absolute atomic E-state index is 0.193. The second-order valence-corrected chi connectivity index (χ2v) is 10.3. The Kier molecular flexibility index (Phi) is 6.29. The molecule has 31 heavy (non-hydrogen) atoms. The standard InChI is InChI=1S/C23H25N3O3S2/c1-17-6-9-20(10-7-17)31(28,29)25-21-15-18(8-11-22(21)26-12-2-3-13-26)23(27)24-16-19-5-4-14-30-19/h4-11,14-15,25H,2-3,12-13,16H2,1H3,(H,24,27). The summed E-state index contributed by atoms with van der Waals surface area (Å²) in [5, 5.41) is 4.86. The molecule has 0 bridgehead atoms. The maximum absolute atomic E-state index is 13.0. The molecule has 0 atom stereocenters. The topological polar surface area (TPSA) is 78.5 Å². The number of carbonyl (C=O) groups is 1. The van der Waals surface area contributed by atoms with Crippen LogP contribution in [-0.4, -0.2) is 27.4 Å². The monoisotopic (exact) mass is 455 g/mol. The Balaban J connectivity index is 1.62. The quantitative estimate of drug-likeness (QED) is 0.554. The van der Waals surface area contributed by atoms with Crippen LogP contribution in [0.15, 0.2) is 64.9 Å². The normalized spacial score (nSPS) is 13.9. The molecule has 162 valence electrons. The van der Waals surface area contributed by atoms with Gasteiger partial charge in [0.25, 0.3) is 15.9 Å². The first kappa shape index (κ1) is 21.4. The molecule has 2 heterocycles. The highest BCUT2D eigenvalue weighted by atomic mass is 32.2. The Hall–Kier alpha value is -2.84. The second kappa shape index (κ2) is 9.11. The lowest BCUT2D eigenvalue weighted by molar-refractivity contribution is 0.0951. The van der Waals surface area contributed by atoms with Crippen molar-refractivity contribution in [2.24, 2.45) is 0 Å². The van der Waals surface area contributed by atoms with Crippen molar-refractivity contribution >= 4 is 38.6 Å². The molecular formula is C23H25N3O3S2. The van der Waals surface area contributed by atoms with E-state index < -0.39 is 10.0 Å². The smallest absolute Gasteiger partial charge is 0.261 e. The summed E-state index contributed by atoms with van der Waals surface area (Å²) in [7, 11) is -3.78. The predicted molar refractivity (Wildman–Crippen MR) is 125 cm³/mol. The van der Waals surface area contributed by atoms with E-state index in [2.05, 4.69) is 14.9 Å². The molecule has 0 spiro atoms. The molecule has 0 aliphatic carbocycles. The van der Waals surface area contributed by atoms with Gasteiger partial charge in [0, 0.05) is 23.5 Å². The Morgan fingerprint density at radius 3 is 2.48 bits per heavy atom. The number of carbonyl (C=O) groups excluding carboxylic acids is 1. The van der Waals surface area contributed by atoms with Crippen LogP contribution in [0.4, 0.5) is 11.4 Å². The van der Waals surface area contributed by atoms with E-state index >= 15 is 0 Å². The van der Waals surface area contributed by atoms with Crippen LogP contribution in [0.1, 0.15) is 33.6 Å². The van der Waals surface area contributed by atoms with E-state index in [9.17, 15) is 13.2 Å². The van der Waals surface area contributed by atoms with Gasteiger partial charge in [-0.3, -0.25) is 9.52 Å². The summed E-state index contributed by atoms with van der Waals surface area (Å²) >= 11 is 1.58. The van der Waals surface area contributed by atoms with Crippen LogP contribution in [-0.2, 0) is 16.6 Å². The lowest BCUT2D eigenvalue weighted by atomic mass is 10.1. The third-order valence-corrected chi connectivity index (χ3v) is 7.54. The zero-order chi connectivity index (χ0) is 21.8. The average molecular weight is 456 g/mol. The molecule has 6 nitrogen and oxygen atoms in total. The molecule has 3 aromatic rings. The first-order chi connectivity index (χ1) is 14.9. The van der Waals surface area contributed by atoms with Gasteiger partial charge in [0.1, 0.15) is 0 Å². The van der Waals surface area contributed by atoms with Gasteiger partial charge in [0.2, 0.25) is 0 Å².